The number of hydrogen-bond donors (Lipinski definition) is 3. The lowest BCUT2D eigenvalue weighted by atomic mass is 10.2. The lowest BCUT2D eigenvalue weighted by Gasteiger charge is -2.29. The number of azo groups is 1. The maximum atomic E-state index is 12.3. The van der Waals surface area contributed by atoms with Crippen molar-refractivity contribution < 1.29 is 9.53 Å². The van der Waals surface area contributed by atoms with Crippen molar-refractivity contribution in [3.05, 3.63) is 60.5 Å². The van der Waals surface area contributed by atoms with Crippen LogP contribution in [0.1, 0.15) is 0 Å². The lowest BCUT2D eigenvalue weighted by molar-refractivity contribution is -0.114. The molecular formula is C19H22N6O2. The Balaban J connectivity index is 1.77. The fraction of sp³-hybridized carbons (Fsp3) is 0.211. The van der Waals surface area contributed by atoms with Crippen molar-refractivity contribution in [2.45, 2.75) is 0 Å². The number of rotatable bonds is 5. The van der Waals surface area contributed by atoms with Gasteiger partial charge >= 0.3 is 0 Å². The average Bonchev–Trinajstić information content (AvgIpc) is 3.02. The van der Waals surface area contributed by atoms with Gasteiger partial charge in [-0.05, 0) is 18.4 Å². The zero-order valence-corrected chi connectivity index (χ0v) is 14.9. The number of nitrogen functional groups attached to an aromatic ring is 1. The highest BCUT2D eigenvalue weighted by atomic mass is 16.5. The first kappa shape index (κ1) is 18.4. The molecule has 3 rings (SSSR count). The number of hydrogen-bond acceptors (Lipinski definition) is 6. The van der Waals surface area contributed by atoms with Crippen LogP contribution in [0.5, 0.6) is 0 Å². The molecule has 0 radical (unpaired) electrons. The molecule has 1 aliphatic rings. The number of allylic oxidation sites excluding steroid dienone is 1. The van der Waals surface area contributed by atoms with Gasteiger partial charge in [-0.2, -0.15) is 0 Å². The Morgan fingerprint density at radius 3 is 2.67 bits per heavy atom. The summed E-state index contributed by atoms with van der Waals surface area (Å²) in [5.74, 6) is 0.375. The van der Waals surface area contributed by atoms with Crippen molar-refractivity contribution in [3.63, 3.8) is 0 Å². The zero-order chi connectivity index (χ0) is 19.2. The first-order chi connectivity index (χ1) is 13.1. The van der Waals surface area contributed by atoms with Crippen LogP contribution in [-0.2, 0) is 9.53 Å². The van der Waals surface area contributed by atoms with Gasteiger partial charge in [-0.15, -0.1) is 10.2 Å². The Labute approximate surface area is 156 Å². The molecule has 1 saturated heterocycles. The number of aromatic nitrogens is 1. The Kier molecular flexibility index (Phi) is 5.68. The highest BCUT2D eigenvalue weighted by Crippen LogP contribution is 2.30. The van der Waals surface area contributed by atoms with E-state index < -0.39 is 5.91 Å². The number of ether oxygens (including phenoxy) is 1. The van der Waals surface area contributed by atoms with Crippen molar-refractivity contribution in [2.24, 2.45) is 16.0 Å². The third-order valence-electron chi connectivity index (χ3n) is 4.21. The Hall–Kier alpha value is -3.39. The second-order valence-corrected chi connectivity index (χ2v) is 5.99. The first-order valence-corrected chi connectivity index (χ1v) is 8.54. The summed E-state index contributed by atoms with van der Waals surface area (Å²) in [5, 5.41) is 9.42. The standard InChI is InChI=1S/C19H22N6O2/c1-13(12-14(6-7-20)25-8-10-27-11-9-25)19(26)24-23-18-16-5-3-2-4-15(16)17(21)22-18/h2-7,12,22H,1,8-11,20-21H2/b7-6-,14-12+,24-23?. The highest BCUT2D eigenvalue weighted by molar-refractivity contribution is 6.00. The van der Waals surface area contributed by atoms with Crippen LogP contribution in [0.15, 0.2) is 70.7 Å². The van der Waals surface area contributed by atoms with Gasteiger partial charge in [-0.25, -0.2) is 0 Å². The van der Waals surface area contributed by atoms with E-state index >= 15 is 0 Å². The Bertz CT molecular complexity index is 935. The molecule has 140 valence electrons. The van der Waals surface area contributed by atoms with Crippen molar-refractivity contribution in [1.82, 2.24) is 9.88 Å². The number of nitrogens with two attached hydrogens (primary N) is 2. The van der Waals surface area contributed by atoms with Gasteiger partial charge in [0.05, 0.1) is 13.2 Å². The third-order valence-corrected chi connectivity index (χ3v) is 4.21. The molecule has 1 amide bonds. The van der Waals surface area contributed by atoms with Gasteiger partial charge in [0.1, 0.15) is 5.82 Å². The van der Waals surface area contributed by atoms with Crippen molar-refractivity contribution in [1.29, 1.82) is 0 Å². The van der Waals surface area contributed by atoms with Crippen LogP contribution >= 0.6 is 0 Å². The van der Waals surface area contributed by atoms with Gasteiger partial charge in [-0.1, -0.05) is 30.8 Å². The average molecular weight is 366 g/mol. The van der Waals surface area contributed by atoms with E-state index in [2.05, 4.69) is 26.7 Å². The number of benzene rings is 1. The summed E-state index contributed by atoms with van der Waals surface area (Å²) in [6.45, 7) is 6.48. The molecule has 0 spiro atoms. The molecule has 2 heterocycles. The van der Waals surface area contributed by atoms with Gasteiger partial charge in [0.2, 0.25) is 0 Å². The number of nitrogens with one attached hydrogen (secondary N) is 1. The van der Waals surface area contributed by atoms with Crippen LogP contribution in [0.4, 0.5) is 11.6 Å². The lowest BCUT2D eigenvalue weighted by Crippen LogP contribution is -2.35. The van der Waals surface area contributed by atoms with Crippen LogP contribution in [0.25, 0.3) is 10.8 Å². The minimum absolute atomic E-state index is 0.210. The molecule has 1 aromatic heterocycles. The third kappa shape index (κ3) is 4.24. The first-order valence-electron chi connectivity index (χ1n) is 8.54. The van der Waals surface area contributed by atoms with Crippen LogP contribution < -0.4 is 11.5 Å². The van der Waals surface area contributed by atoms with E-state index in [0.717, 1.165) is 16.5 Å². The van der Waals surface area contributed by atoms with E-state index in [4.69, 9.17) is 16.2 Å². The van der Waals surface area contributed by atoms with Crippen molar-refractivity contribution >= 4 is 28.3 Å². The molecule has 2 aromatic rings. The summed E-state index contributed by atoms with van der Waals surface area (Å²) in [6.07, 6.45) is 4.80. The van der Waals surface area contributed by atoms with Crippen LogP contribution in [-0.4, -0.2) is 42.1 Å². The summed E-state index contributed by atoms with van der Waals surface area (Å²) in [7, 11) is 0. The minimum Gasteiger partial charge on any atom is -0.405 e. The van der Waals surface area contributed by atoms with E-state index in [9.17, 15) is 4.79 Å². The number of H-pyrrole nitrogens is 1. The molecule has 0 saturated carbocycles. The van der Waals surface area contributed by atoms with Crippen molar-refractivity contribution in [2.75, 3.05) is 32.0 Å². The topological polar surface area (TPSA) is 122 Å². The second kappa shape index (κ2) is 8.33. The van der Waals surface area contributed by atoms with E-state index in [0.29, 0.717) is 37.9 Å². The van der Waals surface area contributed by atoms with Gasteiger partial charge < -0.3 is 26.1 Å². The fourth-order valence-corrected chi connectivity index (χ4v) is 2.83. The quantitative estimate of drug-likeness (QED) is 0.426. The predicted molar refractivity (Wildman–Crippen MR) is 105 cm³/mol. The molecule has 0 atom stereocenters. The number of amides is 1. The van der Waals surface area contributed by atoms with Gasteiger partial charge in [0.15, 0.2) is 5.82 Å². The number of nitrogens with zero attached hydrogens (tertiary/aromatic N) is 3. The van der Waals surface area contributed by atoms with Gasteiger partial charge in [-0.3, -0.25) is 4.79 Å². The summed E-state index contributed by atoms with van der Waals surface area (Å²) in [4.78, 5) is 17.3. The molecule has 8 heteroatoms. The summed E-state index contributed by atoms with van der Waals surface area (Å²) in [6, 6.07) is 7.48. The number of aromatic amines is 1. The maximum absolute atomic E-state index is 12.3. The summed E-state index contributed by atoms with van der Waals surface area (Å²) in [5.41, 5.74) is 12.4. The number of anilines is 1. The predicted octanol–water partition coefficient (Wildman–Crippen LogP) is 2.61. The SMILES string of the molecule is C=C(/C=C(\C=C/N)N1CCOCC1)C(=O)N=Nc1[nH]c(N)c2ccccc12. The highest BCUT2D eigenvalue weighted by Gasteiger charge is 2.14. The molecule has 0 unspecified atom stereocenters. The van der Waals surface area contributed by atoms with E-state index in [1.165, 1.54) is 6.20 Å². The van der Waals surface area contributed by atoms with E-state index in [1.807, 2.05) is 24.3 Å². The molecule has 27 heavy (non-hydrogen) atoms. The molecule has 1 aromatic carbocycles. The Morgan fingerprint density at radius 1 is 1.26 bits per heavy atom. The molecule has 5 N–H and O–H groups in total. The normalized spacial score (nSPS) is 15.9. The Morgan fingerprint density at radius 2 is 1.96 bits per heavy atom. The fourth-order valence-electron chi connectivity index (χ4n) is 2.83. The number of fused-ring (bicyclic) bond motifs is 1. The van der Waals surface area contributed by atoms with Gasteiger partial charge in [0, 0.05) is 35.1 Å². The number of morpholine rings is 1. The summed E-state index contributed by atoms with van der Waals surface area (Å²) >= 11 is 0. The number of carbonyl (C=O) groups is 1. The van der Waals surface area contributed by atoms with Gasteiger partial charge in [0.25, 0.3) is 5.91 Å². The minimum atomic E-state index is -0.538. The van der Waals surface area contributed by atoms with Crippen LogP contribution in [0.2, 0.25) is 0 Å². The molecular weight excluding hydrogens is 344 g/mol. The molecule has 0 aliphatic carbocycles. The van der Waals surface area contributed by atoms with E-state index in [1.54, 1.807) is 12.2 Å². The summed E-state index contributed by atoms with van der Waals surface area (Å²) < 4.78 is 5.34. The van der Waals surface area contributed by atoms with Crippen molar-refractivity contribution in [3.8, 4) is 0 Å². The zero-order valence-electron chi connectivity index (χ0n) is 14.9. The van der Waals surface area contributed by atoms with E-state index in [-0.39, 0.29) is 5.57 Å². The molecule has 8 nitrogen and oxygen atoms in total. The molecule has 1 aliphatic heterocycles. The molecule has 0 bridgehead atoms. The number of carbonyl (C=O) groups excluding carboxylic acids is 1. The smallest absolute Gasteiger partial charge is 0.294 e. The van der Waals surface area contributed by atoms with Crippen LogP contribution in [0.3, 0.4) is 0 Å². The maximum Gasteiger partial charge on any atom is 0.294 e. The largest absolute Gasteiger partial charge is 0.405 e. The monoisotopic (exact) mass is 366 g/mol. The molecule has 1 fully saturated rings. The van der Waals surface area contributed by atoms with Crippen LogP contribution in [0, 0.1) is 0 Å². The second-order valence-electron chi connectivity index (χ2n) is 5.99.